The van der Waals surface area contributed by atoms with E-state index in [-0.39, 0.29) is 0 Å². The van der Waals surface area contributed by atoms with Crippen LogP contribution < -0.4 is 5.32 Å². The molecule has 1 rings (SSSR count). The lowest BCUT2D eigenvalue weighted by atomic mass is 9.96. The van der Waals surface area contributed by atoms with E-state index in [1.54, 1.807) is 0 Å². The summed E-state index contributed by atoms with van der Waals surface area (Å²) < 4.78 is 0. The van der Waals surface area contributed by atoms with Crippen LogP contribution in [0.3, 0.4) is 0 Å². The zero-order valence-corrected chi connectivity index (χ0v) is 9.84. The maximum atomic E-state index is 10.8. The van der Waals surface area contributed by atoms with Gasteiger partial charge in [-0.25, -0.2) is 0 Å². The van der Waals surface area contributed by atoms with Crippen LogP contribution in [0.1, 0.15) is 57.8 Å². The van der Waals surface area contributed by atoms with Gasteiger partial charge in [-0.1, -0.05) is 32.1 Å². The van der Waals surface area contributed by atoms with Crippen LogP contribution in [-0.2, 0) is 4.79 Å². The van der Waals surface area contributed by atoms with E-state index < -0.39 is 0 Å². The van der Waals surface area contributed by atoms with Gasteiger partial charge in [-0.05, 0) is 38.8 Å². The summed E-state index contributed by atoms with van der Waals surface area (Å²) in [5.74, 6) is 0.346. The summed E-state index contributed by atoms with van der Waals surface area (Å²) in [6.45, 7) is 2.34. The lowest BCUT2D eigenvalue weighted by molar-refractivity contribution is -0.111. The van der Waals surface area contributed by atoms with Gasteiger partial charge in [0.15, 0.2) is 0 Å². The topological polar surface area (TPSA) is 29.1 Å². The molecule has 0 radical (unpaired) electrons. The molecular weight excluding hydrogens is 186 g/mol. The Morgan fingerprint density at radius 3 is 1.93 bits per heavy atom. The highest BCUT2D eigenvalue weighted by Gasteiger charge is 2.07. The first-order chi connectivity index (χ1) is 7.43. The van der Waals surface area contributed by atoms with Crippen molar-refractivity contribution in [3.63, 3.8) is 0 Å². The number of rotatable bonds is 1. The van der Waals surface area contributed by atoms with Crippen LogP contribution in [-0.4, -0.2) is 19.4 Å². The molecule has 1 aliphatic rings. The molecule has 1 unspecified atom stereocenters. The number of hydrogen-bond donors (Lipinski definition) is 1. The second-order valence-corrected chi connectivity index (χ2v) is 4.70. The van der Waals surface area contributed by atoms with E-state index >= 15 is 0 Å². The van der Waals surface area contributed by atoms with E-state index in [1.165, 1.54) is 57.8 Å². The largest absolute Gasteiger partial charge is 0.317 e. The first kappa shape index (κ1) is 12.7. The maximum Gasteiger partial charge on any atom is 0.123 e. The van der Waals surface area contributed by atoms with Crippen molar-refractivity contribution in [2.75, 3.05) is 13.1 Å². The highest BCUT2D eigenvalue weighted by molar-refractivity contribution is 5.53. The Morgan fingerprint density at radius 1 is 0.800 bits per heavy atom. The van der Waals surface area contributed by atoms with E-state index in [1.807, 2.05) is 0 Å². The van der Waals surface area contributed by atoms with Gasteiger partial charge in [0, 0.05) is 5.92 Å². The number of hydrogen-bond acceptors (Lipinski definition) is 2. The SMILES string of the molecule is O=CC1CCCCCCNCCCCC1. The molecule has 0 aromatic carbocycles. The molecule has 1 saturated heterocycles. The zero-order valence-electron chi connectivity index (χ0n) is 9.84. The molecular formula is C13H25NO. The third-order valence-corrected chi connectivity index (χ3v) is 3.30. The minimum Gasteiger partial charge on any atom is -0.317 e. The summed E-state index contributed by atoms with van der Waals surface area (Å²) in [7, 11) is 0. The van der Waals surface area contributed by atoms with Gasteiger partial charge >= 0.3 is 0 Å². The van der Waals surface area contributed by atoms with E-state index in [0.29, 0.717) is 5.92 Å². The molecule has 15 heavy (non-hydrogen) atoms. The van der Waals surface area contributed by atoms with Gasteiger partial charge in [-0.2, -0.15) is 0 Å². The van der Waals surface area contributed by atoms with Gasteiger partial charge in [-0.15, -0.1) is 0 Å². The van der Waals surface area contributed by atoms with Crippen LogP contribution in [0.2, 0.25) is 0 Å². The molecule has 2 heteroatoms. The van der Waals surface area contributed by atoms with Crippen molar-refractivity contribution in [1.82, 2.24) is 5.32 Å². The molecule has 0 spiro atoms. The fraction of sp³-hybridized carbons (Fsp3) is 0.923. The van der Waals surface area contributed by atoms with Crippen molar-refractivity contribution in [3.05, 3.63) is 0 Å². The molecule has 0 saturated carbocycles. The van der Waals surface area contributed by atoms with Crippen molar-refractivity contribution >= 4 is 6.29 Å². The molecule has 0 amide bonds. The lowest BCUT2D eigenvalue weighted by Crippen LogP contribution is -2.16. The number of nitrogens with one attached hydrogen (secondary N) is 1. The van der Waals surface area contributed by atoms with Crippen molar-refractivity contribution in [2.24, 2.45) is 5.92 Å². The maximum absolute atomic E-state index is 10.8. The molecule has 1 fully saturated rings. The van der Waals surface area contributed by atoms with Gasteiger partial charge in [0.25, 0.3) is 0 Å². The second-order valence-electron chi connectivity index (χ2n) is 4.70. The van der Waals surface area contributed by atoms with E-state index in [0.717, 1.165) is 19.4 Å². The summed E-state index contributed by atoms with van der Waals surface area (Å²) >= 11 is 0. The number of carbonyl (C=O) groups is 1. The Bertz CT molecular complexity index is 145. The molecule has 0 aliphatic carbocycles. The fourth-order valence-electron chi connectivity index (χ4n) is 2.25. The van der Waals surface area contributed by atoms with Crippen LogP contribution in [0.4, 0.5) is 0 Å². The second kappa shape index (κ2) is 8.90. The van der Waals surface area contributed by atoms with Gasteiger partial charge in [0.2, 0.25) is 0 Å². The van der Waals surface area contributed by atoms with Gasteiger partial charge in [0.05, 0.1) is 0 Å². The Morgan fingerprint density at radius 2 is 1.33 bits per heavy atom. The third-order valence-electron chi connectivity index (χ3n) is 3.30. The van der Waals surface area contributed by atoms with Crippen molar-refractivity contribution in [1.29, 1.82) is 0 Å². The third kappa shape index (κ3) is 6.67. The van der Waals surface area contributed by atoms with Crippen LogP contribution in [0.25, 0.3) is 0 Å². The molecule has 1 heterocycles. The summed E-state index contributed by atoms with van der Waals surface area (Å²) in [5.41, 5.74) is 0. The fourth-order valence-corrected chi connectivity index (χ4v) is 2.25. The van der Waals surface area contributed by atoms with E-state index in [4.69, 9.17) is 0 Å². The van der Waals surface area contributed by atoms with E-state index in [9.17, 15) is 4.79 Å². The highest BCUT2D eigenvalue weighted by atomic mass is 16.1. The monoisotopic (exact) mass is 211 g/mol. The predicted molar refractivity (Wildman–Crippen MR) is 64.0 cm³/mol. The average Bonchev–Trinajstić information content (AvgIpc) is 2.29. The first-order valence-corrected chi connectivity index (χ1v) is 6.59. The average molecular weight is 211 g/mol. The normalized spacial score (nSPS) is 27.1. The van der Waals surface area contributed by atoms with Gasteiger partial charge in [-0.3, -0.25) is 0 Å². The quantitative estimate of drug-likeness (QED) is 0.676. The molecule has 2 nitrogen and oxygen atoms in total. The smallest absolute Gasteiger partial charge is 0.123 e. The van der Waals surface area contributed by atoms with Crippen molar-refractivity contribution in [2.45, 2.75) is 57.8 Å². The highest BCUT2D eigenvalue weighted by Crippen LogP contribution is 2.16. The Balaban J connectivity index is 2.20. The minimum absolute atomic E-state index is 0.346. The Labute approximate surface area is 93.8 Å². The molecule has 0 aromatic rings. The minimum atomic E-state index is 0.346. The Kier molecular flexibility index (Phi) is 7.53. The lowest BCUT2D eigenvalue weighted by Gasteiger charge is -2.08. The summed E-state index contributed by atoms with van der Waals surface area (Å²) in [4.78, 5) is 10.8. The summed E-state index contributed by atoms with van der Waals surface area (Å²) in [5, 5.41) is 3.48. The van der Waals surface area contributed by atoms with Crippen LogP contribution in [0, 0.1) is 5.92 Å². The number of carbonyl (C=O) groups excluding carboxylic acids is 1. The van der Waals surface area contributed by atoms with Gasteiger partial charge in [0.1, 0.15) is 6.29 Å². The zero-order chi connectivity index (χ0) is 10.8. The van der Waals surface area contributed by atoms with Crippen LogP contribution in [0.5, 0.6) is 0 Å². The Hall–Kier alpha value is -0.370. The molecule has 1 atom stereocenters. The standard InChI is InChI=1S/C13H25NO/c15-12-13-8-4-1-2-6-10-14-11-7-3-5-9-13/h12-14H,1-11H2. The van der Waals surface area contributed by atoms with Crippen molar-refractivity contribution in [3.8, 4) is 0 Å². The summed E-state index contributed by atoms with van der Waals surface area (Å²) in [6, 6.07) is 0. The molecule has 1 N–H and O–H groups in total. The molecule has 0 aromatic heterocycles. The number of aldehydes is 1. The van der Waals surface area contributed by atoms with Crippen LogP contribution in [0.15, 0.2) is 0 Å². The molecule has 88 valence electrons. The van der Waals surface area contributed by atoms with Crippen molar-refractivity contribution < 1.29 is 4.79 Å². The first-order valence-electron chi connectivity index (χ1n) is 6.59. The molecule has 0 bridgehead atoms. The predicted octanol–water partition coefficient (Wildman–Crippen LogP) is 2.92. The van der Waals surface area contributed by atoms with E-state index in [2.05, 4.69) is 5.32 Å². The van der Waals surface area contributed by atoms with Gasteiger partial charge < -0.3 is 10.1 Å². The van der Waals surface area contributed by atoms with Crippen LogP contribution >= 0.6 is 0 Å². The summed E-state index contributed by atoms with van der Waals surface area (Å²) in [6.07, 6.45) is 12.3. The molecule has 1 aliphatic heterocycles.